The van der Waals surface area contributed by atoms with Gasteiger partial charge in [0.15, 0.2) is 6.35 Å². The zero-order valence-electron chi connectivity index (χ0n) is 14.4. The highest BCUT2D eigenvalue weighted by molar-refractivity contribution is 7.53. The van der Waals surface area contributed by atoms with E-state index < -0.39 is 20.0 Å². The summed E-state index contributed by atoms with van der Waals surface area (Å²) in [6.07, 6.45) is 2.05. The lowest BCUT2D eigenvalue weighted by atomic mass is 10.3. The maximum Gasteiger partial charge on any atom is 0.412 e. The van der Waals surface area contributed by atoms with Gasteiger partial charge < -0.3 is 13.8 Å². The van der Waals surface area contributed by atoms with Crippen molar-refractivity contribution >= 4 is 42.6 Å². The summed E-state index contributed by atoms with van der Waals surface area (Å²) in [5.74, 6) is 0. The number of amides is 1. The molecule has 0 aliphatic rings. The number of nitrogens with one attached hydrogen (secondary N) is 1. The summed E-state index contributed by atoms with van der Waals surface area (Å²) < 4.78 is 28.3. The number of halogens is 2. The van der Waals surface area contributed by atoms with Crippen molar-refractivity contribution in [3.05, 3.63) is 28.2 Å². The molecule has 0 radical (unpaired) electrons. The van der Waals surface area contributed by atoms with Gasteiger partial charge in [0.1, 0.15) is 0 Å². The van der Waals surface area contributed by atoms with Gasteiger partial charge in [0.25, 0.3) is 0 Å². The van der Waals surface area contributed by atoms with E-state index in [1.807, 2.05) is 13.8 Å². The Morgan fingerprint density at radius 3 is 2.20 bits per heavy atom. The Morgan fingerprint density at radius 2 is 1.68 bits per heavy atom. The molecule has 0 atom stereocenters. The number of benzene rings is 1. The van der Waals surface area contributed by atoms with E-state index in [2.05, 4.69) is 5.32 Å². The van der Waals surface area contributed by atoms with E-state index in [1.165, 1.54) is 6.07 Å². The molecule has 1 rings (SSSR count). The summed E-state index contributed by atoms with van der Waals surface area (Å²) in [5, 5.41) is 3.16. The van der Waals surface area contributed by atoms with Crippen LogP contribution in [0.2, 0.25) is 10.0 Å². The number of anilines is 1. The first-order valence-corrected chi connectivity index (χ1v) is 10.7. The van der Waals surface area contributed by atoms with Crippen molar-refractivity contribution in [3.63, 3.8) is 0 Å². The largest absolute Gasteiger partial charge is 0.436 e. The molecule has 0 heterocycles. The highest BCUT2D eigenvalue weighted by Crippen LogP contribution is 2.48. The lowest BCUT2D eigenvalue weighted by Crippen LogP contribution is -2.16. The quantitative estimate of drug-likeness (QED) is 0.340. The number of ether oxygens (including phenoxy) is 1. The second-order valence-electron chi connectivity index (χ2n) is 5.30. The molecular weight excluding hydrogens is 388 g/mol. The molecule has 25 heavy (non-hydrogen) atoms. The molecule has 0 saturated carbocycles. The van der Waals surface area contributed by atoms with Gasteiger partial charge in [-0.2, -0.15) is 0 Å². The van der Waals surface area contributed by atoms with Crippen LogP contribution < -0.4 is 5.32 Å². The van der Waals surface area contributed by atoms with Crippen LogP contribution in [0, 0.1) is 0 Å². The van der Waals surface area contributed by atoms with Gasteiger partial charge in [-0.1, -0.05) is 49.9 Å². The highest BCUT2D eigenvalue weighted by Gasteiger charge is 2.27. The fourth-order valence-corrected chi connectivity index (χ4v) is 3.28. The summed E-state index contributed by atoms with van der Waals surface area (Å²) in [5.41, 5.74) is 0.410. The molecule has 0 aromatic heterocycles. The first kappa shape index (κ1) is 22.3. The smallest absolute Gasteiger partial charge is 0.412 e. The second kappa shape index (κ2) is 11.8. The third-order valence-electron chi connectivity index (χ3n) is 3.09. The molecule has 6 nitrogen and oxygen atoms in total. The fraction of sp³-hybridized carbons (Fsp3) is 0.562. The summed E-state index contributed by atoms with van der Waals surface area (Å²) in [6, 6.07) is 4.61. The zero-order chi connectivity index (χ0) is 18.7. The predicted molar refractivity (Wildman–Crippen MR) is 101 cm³/mol. The summed E-state index contributed by atoms with van der Waals surface area (Å²) in [7, 11) is -3.48. The number of rotatable bonds is 11. The third-order valence-corrected chi connectivity index (χ3v) is 5.43. The van der Waals surface area contributed by atoms with E-state index in [9.17, 15) is 9.36 Å². The van der Waals surface area contributed by atoms with Crippen LogP contribution in [0.5, 0.6) is 0 Å². The number of unbranched alkanes of at least 4 members (excludes halogenated alkanes) is 2. The standard InChI is InChI=1S/C16H24Cl2NO5P/c1-3-5-9-23-25(21,24-10-6-4-2)12-22-16(20)19-13-7-8-14(17)15(18)11-13/h7-8,11H,3-6,9-10,12H2,1-2H3,(H,19,20). The van der Waals surface area contributed by atoms with Gasteiger partial charge in [0.2, 0.25) is 0 Å². The summed E-state index contributed by atoms with van der Waals surface area (Å²) in [6.45, 7) is 4.57. The van der Waals surface area contributed by atoms with Gasteiger partial charge >= 0.3 is 13.7 Å². The number of hydrogen-bond acceptors (Lipinski definition) is 5. The molecule has 1 N–H and O–H groups in total. The molecule has 142 valence electrons. The highest BCUT2D eigenvalue weighted by atomic mass is 35.5. The minimum atomic E-state index is -3.48. The van der Waals surface area contributed by atoms with Crippen LogP contribution in [0.25, 0.3) is 0 Å². The lowest BCUT2D eigenvalue weighted by Gasteiger charge is -2.18. The van der Waals surface area contributed by atoms with Crippen molar-refractivity contribution in [3.8, 4) is 0 Å². The number of carbonyl (C=O) groups is 1. The van der Waals surface area contributed by atoms with Crippen LogP contribution in [0.15, 0.2) is 18.2 Å². The van der Waals surface area contributed by atoms with E-state index in [0.717, 1.165) is 25.7 Å². The van der Waals surface area contributed by atoms with Crippen LogP contribution in [0.1, 0.15) is 39.5 Å². The molecule has 0 bridgehead atoms. The van der Waals surface area contributed by atoms with Crippen LogP contribution in [-0.4, -0.2) is 25.7 Å². The second-order valence-corrected chi connectivity index (χ2v) is 8.11. The van der Waals surface area contributed by atoms with Crippen LogP contribution in [0.3, 0.4) is 0 Å². The Kier molecular flexibility index (Phi) is 10.5. The van der Waals surface area contributed by atoms with Gasteiger partial charge in [-0.3, -0.25) is 9.88 Å². The maximum atomic E-state index is 12.6. The molecule has 0 unspecified atom stereocenters. The van der Waals surface area contributed by atoms with E-state index in [1.54, 1.807) is 12.1 Å². The molecule has 0 aliphatic heterocycles. The predicted octanol–water partition coefficient (Wildman–Crippen LogP) is 6.33. The Balaban J connectivity index is 2.56. The van der Waals surface area contributed by atoms with Crippen LogP contribution in [-0.2, 0) is 18.3 Å². The van der Waals surface area contributed by atoms with Crippen molar-refractivity contribution in [2.24, 2.45) is 0 Å². The topological polar surface area (TPSA) is 73.9 Å². The molecule has 0 spiro atoms. The van der Waals surface area contributed by atoms with Crippen molar-refractivity contribution < 1.29 is 23.1 Å². The zero-order valence-corrected chi connectivity index (χ0v) is 16.8. The third kappa shape index (κ3) is 8.93. The van der Waals surface area contributed by atoms with Gasteiger partial charge in [-0.25, -0.2) is 4.79 Å². The van der Waals surface area contributed by atoms with E-state index in [0.29, 0.717) is 15.7 Å². The maximum absolute atomic E-state index is 12.6. The molecule has 0 aliphatic carbocycles. The lowest BCUT2D eigenvalue weighted by molar-refractivity contribution is 0.147. The van der Waals surface area contributed by atoms with E-state index in [-0.39, 0.29) is 13.2 Å². The van der Waals surface area contributed by atoms with Crippen molar-refractivity contribution in [1.82, 2.24) is 0 Å². The van der Waals surface area contributed by atoms with Crippen LogP contribution >= 0.6 is 30.8 Å². The molecule has 9 heteroatoms. The molecule has 0 saturated heterocycles. The minimum Gasteiger partial charge on any atom is -0.436 e. The average Bonchev–Trinajstić information content (AvgIpc) is 2.57. The van der Waals surface area contributed by atoms with Gasteiger partial charge in [-0.15, -0.1) is 0 Å². The molecular formula is C16H24Cl2NO5P. The Bertz CT molecular complexity index is 586. The fourth-order valence-electron chi connectivity index (χ4n) is 1.67. The van der Waals surface area contributed by atoms with Gasteiger partial charge in [0, 0.05) is 5.69 Å². The van der Waals surface area contributed by atoms with Gasteiger partial charge in [0.05, 0.1) is 23.3 Å². The number of hydrogen-bond donors (Lipinski definition) is 1. The summed E-state index contributed by atoms with van der Waals surface area (Å²) in [4.78, 5) is 11.9. The number of carbonyl (C=O) groups excluding carboxylic acids is 1. The average molecular weight is 412 g/mol. The molecule has 1 amide bonds. The summed E-state index contributed by atoms with van der Waals surface area (Å²) >= 11 is 11.7. The Hall–Kier alpha value is -0.780. The van der Waals surface area contributed by atoms with Crippen molar-refractivity contribution in [2.75, 3.05) is 24.9 Å². The van der Waals surface area contributed by atoms with Crippen molar-refractivity contribution in [1.29, 1.82) is 0 Å². The first-order valence-electron chi connectivity index (χ1n) is 8.17. The molecule has 1 aromatic rings. The monoisotopic (exact) mass is 411 g/mol. The molecule has 1 aromatic carbocycles. The Labute approximate surface area is 158 Å². The first-order chi connectivity index (χ1) is 11.9. The van der Waals surface area contributed by atoms with Gasteiger partial charge in [-0.05, 0) is 31.0 Å². The van der Waals surface area contributed by atoms with Crippen molar-refractivity contribution in [2.45, 2.75) is 39.5 Å². The van der Waals surface area contributed by atoms with E-state index >= 15 is 0 Å². The Morgan fingerprint density at radius 1 is 1.08 bits per heavy atom. The van der Waals surface area contributed by atoms with Crippen LogP contribution in [0.4, 0.5) is 10.5 Å². The van der Waals surface area contributed by atoms with E-state index in [4.69, 9.17) is 37.0 Å². The normalized spacial score (nSPS) is 11.4. The SMILES string of the molecule is CCCCOP(=O)(COC(=O)Nc1ccc(Cl)c(Cl)c1)OCCCC. The minimum absolute atomic E-state index is 0.289. The molecule has 0 fully saturated rings.